The van der Waals surface area contributed by atoms with Crippen molar-refractivity contribution in [1.29, 1.82) is 0 Å². The van der Waals surface area contributed by atoms with Crippen molar-refractivity contribution in [2.75, 3.05) is 5.32 Å². The van der Waals surface area contributed by atoms with Crippen LogP contribution in [0, 0.1) is 5.82 Å². The smallest absolute Gasteiger partial charge is 0.325 e. The largest absolute Gasteiger partial charge is 0.419 e. The SMILES string of the molecule is CCn1c(=O)n(CC(=O)Nc2ccc(F)c(C(F)(F)F)c2)c2ccccc21. The lowest BCUT2D eigenvalue weighted by atomic mass is 10.2. The summed E-state index contributed by atoms with van der Waals surface area (Å²) in [6.07, 6.45) is -4.88. The minimum absolute atomic E-state index is 0.207. The van der Waals surface area contributed by atoms with Crippen LogP contribution in [-0.4, -0.2) is 15.0 Å². The van der Waals surface area contributed by atoms with Gasteiger partial charge in [0.05, 0.1) is 16.6 Å². The van der Waals surface area contributed by atoms with Gasteiger partial charge in [-0.3, -0.25) is 13.9 Å². The van der Waals surface area contributed by atoms with E-state index in [1.807, 2.05) is 0 Å². The summed E-state index contributed by atoms with van der Waals surface area (Å²) in [6, 6.07) is 9.07. The van der Waals surface area contributed by atoms with Gasteiger partial charge in [0.2, 0.25) is 5.91 Å². The number of hydrogen-bond acceptors (Lipinski definition) is 2. The van der Waals surface area contributed by atoms with E-state index in [4.69, 9.17) is 0 Å². The maximum Gasteiger partial charge on any atom is 0.419 e. The zero-order valence-corrected chi connectivity index (χ0v) is 14.2. The van der Waals surface area contributed by atoms with E-state index in [0.717, 1.165) is 6.07 Å². The Morgan fingerprint density at radius 2 is 1.70 bits per heavy atom. The van der Waals surface area contributed by atoms with Gasteiger partial charge >= 0.3 is 11.9 Å². The number of aryl methyl sites for hydroxylation is 1. The standard InChI is InChI=1S/C18H15F4N3O2/c1-2-24-14-5-3-4-6-15(14)25(17(24)27)10-16(26)23-11-7-8-13(19)12(9-11)18(20,21)22/h3-9H,2,10H2,1H3,(H,23,26). The van der Waals surface area contributed by atoms with Crippen LogP contribution in [0.4, 0.5) is 23.2 Å². The number of nitrogens with one attached hydrogen (secondary N) is 1. The van der Waals surface area contributed by atoms with Crippen LogP contribution in [0.3, 0.4) is 0 Å². The number of para-hydroxylation sites is 2. The summed E-state index contributed by atoms with van der Waals surface area (Å²) in [4.78, 5) is 24.8. The van der Waals surface area contributed by atoms with Crippen LogP contribution in [0.25, 0.3) is 11.0 Å². The third-order valence-electron chi connectivity index (χ3n) is 4.10. The van der Waals surface area contributed by atoms with Crippen LogP contribution in [0.5, 0.6) is 0 Å². The molecule has 3 rings (SSSR count). The Balaban J connectivity index is 1.89. The Labute approximate surface area is 150 Å². The van der Waals surface area contributed by atoms with Crippen LogP contribution in [0.2, 0.25) is 0 Å². The number of alkyl halides is 3. The first kappa shape index (κ1) is 18.7. The van der Waals surface area contributed by atoms with Crippen molar-refractivity contribution < 1.29 is 22.4 Å². The molecule has 0 unspecified atom stereocenters. The summed E-state index contributed by atoms with van der Waals surface area (Å²) < 4.78 is 54.4. The molecule has 142 valence electrons. The second-order valence-electron chi connectivity index (χ2n) is 5.84. The van der Waals surface area contributed by atoms with Gasteiger partial charge < -0.3 is 5.32 Å². The molecule has 0 spiro atoms. The number of fused-ring (bicyclic) bond motifs is 1. The molecule has 1 heterocycles. The zero-order chi connectivity index (χ0) is 19.8. The Hall–Kier alpha value is -3.10. The van der Waals surface area contributed by atoms with Crippen molar-refractivity contribution in [3.63, 3.8) is 0 Å². The topological polar surface area (TPSA) is 56.0 Å². The molecular formula is C18H15F4N3O2. The summed E-state index contributed by atoms with van der Waals surface area (Å²) >= 11 is 0. The maximum absolute atomic E-state index is 13.3. The molecule has 0 fully saturated rings. The Bertz CT molecular complexity index is 1070. The van der Waals surface area contributed by atoms with Crippen LogP contribution in [0.15, 0.2) is 47.3 Å². The van der Waals surface area contributed by atoms with Gasteiger partial charge in [-0.25, -0.2) is 9.18 Å². The lowest BCUT2D eigenvalue weighted by Gasteiger charge is -2.11. The van der Waals surface area contributed by atoms with Gasteiger partial charge in [0.1, 0.15) is 12.4 Å². The highest BCUT2D eigenvalue weighted by molar-refractivity contribution is 5.91. The van der Waals surface area contributed by atoms with Gasteiger partial charge in [-0.15, -0.1) is 0 Å². The van der Waals surface area contributed by atoms with Crippen LogP contribution in [0.1, 0.15) is 12.5 Å². The molecule has 1 N–H and O–H groups in total. The third kappa shape index (κ3) is 3.57. The van der Waals surface area contributed by atoms with E-state index >= 15 is 0 Å². The van der Waals surface area contributed by atoms with Gasteiger partial charge in [-0.2, -0.15) is 13.2 Å². The molecular weight excluding hydrogens is 366 g/mol. The quantitative estimate of drug-likeness (QED) is 0.702. The van der Waals surface area contributed by atoms with Gasteiger partial charge in [-0.1, -0.05) is 12.1 Å². The van der Waals surface area contributed by atoms with Crippen LogP contribution >= 0.6 is 0 Å². The van der Waals surface area contributed by atoms with E-state index in [2.05, 4.69) is 5.32 Å². The van der Waals surface area contributed by atoms with Gasteiger partial charge in [0.15, 0.2) is 0 Å². The molecule has 2 aromatic carbocycles. The number of aromatic nitrogens is 2. The minimum Gasteiger partial charge on any atom is -0.325 e. The fourth-order valence-corrected chi connectivity index (χ4v) is 2.90. The number of benzene rings is 2. The lowest BCUT2D eigenvalue weighted by molar-refractivity contribution is -0.140. The van der Waals surface area contributed by atoms with E-state index in [1.54, 1.807) is 31.2 Å². The molecule has 5 nitrogen and oxygen atoms in total. The normalized spacial score (nSPS) is 11.7. The number of carbonyl (C=O) groups excluding carboxylic acids is 1. The molecule has 0 atom stereocenters. The number of imidazole rings is 1. The van der Waals surface area contributed by atoms with Crippen molar-refractivity contribution >= 4 is 22.6 Å². The third-order valence-corrected chi connectivity index (χ3v) is 4.10. The van der Waals surface area contributed by atoms with E-state index in [9.17, 15) is 27.2 Å². The number of amides is 1. The predicted octanol–water partition coefficient (Wildman–Crippen LogP) is 3.62. The number of rotatable bonds is 4. The van der Waals surface area contributed by atoms with E-state index in [0.29, 0.717) is 29.7 Å². The van der Waals surface area contributed by atoms with Crippen molar-refractivity contribution in [2.24, 2.45) is 0 Å². The number of halogens is 4. The molecule has 0 aliphatic rings. The highest BCUT2D eigenvalue weighted by atomic mass is 19.4. The summed E-state index contributed by atoms with van der Waals surface area (Å²) in [5.74, 6) is -2.13. The fourth-order valence-electron chi connectivity index (χ4n) is 2.90. The fraction of sp³-hybridized carbons (Fsp3) is 0.222. The molecule has 0 aliphatic heterocycles. The second-order valence-corrected chi connectivity index (χ2v) is 5.84. The summed E-state index contributed by atoms with van der Waals surface area (Å²) in [5.41, 5.74) is -0.890. The Kier molecular flexibility index (Phi) is 4.77. The molecule has 0 saturated heterocycles. The molecule has 27 heavy (non-hydrogen) atoms. The number of carbonyl (C=O) groups is 1. The molecule has 9 heteroatoms. The number of anilines is 1. The minimum atomic E-state index is -4.88. The first-order chi connectivity index (χ1) is 12.7. The highest BCUT2D eigenvalue weighted by Gasteiger charge is 2.34. The predicted molar refractivity (Wildman–Crippen MR) is 91.9 cm³/mol. The van der Waals surface area contributed by atoms with E-state index in [1.165, 1.54) is 9.13 Å². The number of nitrogens with zero attached hydrogens (tertiary/aromatic N) is 2. The molecule has 0 radical (unpaired) electrons. The van der Waals surface area contributed by atoms with Gasteiger partial charge in [0.25, 0.3) is 0 Å². The van der Waals surface area contributed by atoms with Gasteiger partial charge in [0, 0.05) is 12.2 Å². The average Bonchev–Trinajstić information content (AvgIpc) is 2.87. The number of hydrogen-bond donors (Lipinski definition) is 1. The van der Waals surface area contributed by atoms with E-state index < -0.39 is 29.2 Å². The molecule has 0 aliphatic carbocycles. The molecule has 0 bridgehead atoms. The van der Waals surface area contributed by atoms with Crippen molar-refractivity contribution in [3.8, 4) is 0 Å². The van der Waals surface area contributed by atoms with Crippen LogP contribution in [-0.2, 0) is 24.1 Å². The molecule has 0 saturated carbocycles. The lowest BCUT2D eigenvalue weighted by Crippen LogP contribution is -2.29. The summed E-state index contributed by atoms with van der Waals surface area (Å²) in [7, 11) is 0. The first-order valence-electron chi connectivity index (χ1n) is 8.07. The average molecular weight is 381 g/mol. The molecule has 3 aromatic rings. The Morgan fingerprint density at radius 3 is 2.30 bits per heavy atom. The van der Waals surface area contributed by atoms with Crippen LogP contribution < -0.4 is 11.0 Å². The second kappa shape index (κ2) is 6.90. The zero-order valence-electron chi connectivity index (χ0n) is 14.2. The first-order valence-corrected chi connectivity index (χ1v) is 8.07. The summed E-state index contributed by atoms with van der Waals surface area (Å²) in [6.45, 7) is 1.81. The van der Waals surface area contributed by atoms with Crippen molar-refractivity contribution in [2.45, 2.75) is 26.2 Å². The molecule has 1 amide bonds. The summed E-state index contributed by atoms with van der Waals surface area (Å²) in [5, 5.41) is 2.27. The Morgan fingerprint density at radius 1 is 1.07 bits per heavy atom. The highest BCUT2D eigenvalue weighted by Crippen LogP contribution is 2.33. The molecule has 1 aromatic heterocycles. The van der Waals surface area contributed by atoms with Crippen molar-refractivity contribution in [1.82, 2.24) is 9.13 Å². The van der Waals surface area contributed by atoms with E-state index in [-0.39, 0.29) is 12.2 Å². The monoisotopic (exact) mass is 381 g/mol. The van der Waals surface area contributed by atoms with Gasteiger partial charge in [-0.05, 0) is 37.3 Å². The maximum atomic E-state index is 13.3. The van der Waals surface area contributed by atoms with Crippen molar-refractivity contribution in [3.05, 3.63) is 64.3 Å².